The van der Waals surface area contributed by atoms with E-state index < -0.39 is 0 Å². The van der Waals surface area contributed by atoms with Crippen molar-refractivity contribution in [3.63, 3.8) is 0 Å². The van der Waals surface area contributed by atoms with E-state index in [2.05, 4.69) is 20.8 Å². The lowest BCUT2D eigenvalue weighted by Crippen LogP contribution is -2.25. The number of carbonyl (C=O) groups excluding carboxylic acids is 1. The number of carbonyl (C=O) groups is 1. The lowest BCUT2D eigenvalue weighted by molar-refractivity contribution is -0.121. The summed E-state index contributed by atoms with van der Waals surface area (Å²) in [5.74, 6) is 1.23. The third-order valence-electron chi connectivity index (χ3n) is 2.77. The molecule has 1 saturated carbocycles. The molecule has 0 heterocycles. The fourth-order valence-corrected chi connectivity index (χ4v) is 1.81. The summed E-state index contributed by atoms with van der Waals surface area (Å²) < 4.78 is 0. The molecule has 1 aliphatic carbocycles. The Morgan fingerprint density at radius 3 is 1.80 bits per heavy atom. The number of hydrogen-bond acceptors (Lipinski definition) is 2. The zero-order valence-corrected chi connectivity index (χ0v) is 10.8. The molecule has 1 rings (SSSR count). The van der Waals surface area contributed by atoms with Crippen molar-refractivity contribution in [3.05, 3.63) is 0 Å². The van der Waals surface area contributed by atoms with Crippen LogP contribution in [0.15, 0.2) is 0 Å². The molecule has 1 aliphatic rings. The molecule has 2 heteroatoms. The zero-order chi connectivity index (χ0) is 12.1. The first-order valence-electron chi connectivity index (χ1n) is 5.93. The molecule has 0 aromatic rings. The van der Waals surface area contributed by atoms with Crippen LogP contribution in [0.5, 0.6) is 0 Å². The van der Waals surface area contributed by atoms with Crippen LogP contribution in [-0.4, -0.2) is 17.0 Å². The molecular weight excluding hydrogens is 188 g/mol. The molecule has 1 N–H and O–H groups in total. The monoisotopic (exact) mass is 214 g/mol. The fraction of sp³-hybridized carbons (Fsp3) is 0.923. The molecule has 0 amide bonds. The van der Waals surface area contributed by atoms with Crippen molar-refractivity contribution in [3.8, 4) is 0 Å². The second-order valence-corrected chi connectivity index (χ2v) is 5.77. The second-order valence-electron chi connectivity index (χ2n) is 5.77. The normalized spacial score (nSPS) is 18.7. The van der Waals surface area contributed by atoms with E-state index in [4.69, 9.17) is 5.11 Å². The third kappa shape index (κ3) is 7.55. The highest BCUT2D eigenvalue weighted by Gasteiger charge is 2.28. The number of aliphatic hydroxyl groups excluding tert-OH is 1. The number of rotatable bonds is 0. The van der Waals surface area contributed by atoms with Gasteiger partial charge in [-0.15, -0.1) is 0 Å². The van der Waals surface area contributed by atoms with E-state index in [1.54, 1.807) is 13.8 Å². The van der Waals surface area contributed by atoms with Gasteiger partial charge in [-0.05, 0) is 38.0 Å². The molecule has 15 heavy (non-hydrogen) atoms. The highest BCUT2D eigenvalue weighted by Crippen LogP contribution is 2.36. The zero-order valence-electron chi connectivity index (χ0n) is 10.8. The van der Waals surface area contributed by atoms with Gasteiger partial charge >= 0.3 is 0 Å². The summed E-state index contributed by atoms with van der Waals surface area (Å²) in [5, 5.41) is 8.06. The summed E-state index contributed by atoms with van der Waals surface area (Å²) in [6.07, 6.45) is 3.70. The molecular formula is C13H26O2. The highest BCUT2D eigenvalue weighted by molar-refractivity contribution is 5.79. The van der Waals surface area contributed by atoms with Crippen LogP contribution < -0.4 is 0 Å². The molecule has 0 aliphatic heterocycles. The Labute approximate surface area is 94.1 Å². The maximum absolute atomic E-state index is 10.9. The first kappa shape index (κ1) is 14.6. The molecule has 0 bridgehead atoms. The van der Waals surface area contributed by atoms with E-state index in [0.29, 0.717) is 11.2 Å². The first-order valence-corrected chi connectivity index (χ1v) is 5.93. The predicted octanol–water partition coefficient (Wildman–Crippen LogP) is 3.18. The summed E-state index contributed by atoms with van der Waals surface area (Å²) in [6, 6.07) is 0. The predicted molar refractivity (Wildman–Crippen MR) is 63.8 cm³/mol. The maximum atomic E-state index is 10.9. The van der Waals surface area contributed by atoms with Gasteiger partial charge in [-0.25, -0.2) is 0 Å². The van der Waals surface area contributed by atoms with Crippen molar-refractivity contribution < 1.29 is 9.90 Å². The van der Waals surface area contributed by atoms with Crippen molar-refractivity contribution in [1.29, 1.82) is 0 Å². The molecule has 0 aromatic heterocycles. The molecule has 0 atom stereocenters. The SMILES string of the molecule is CC(C)(C)C1CCC(=O)CC1.CC(C)O. The quantitative estimate of drug-likeness (QED) is 0.672. The average Bonchev–Trinajstić information content (AvgIpc) is 2.01. The molecule has 0 spiro atoms. The Hall–Kier alpha value is -0.370. The topological polar surface area (TPSA) is 37.3 Å². The lowest BCUT2D eigenvalue weighted by atomic mass is 9.72. The maximum Gasteiger partial charge on any atom is 0.132 e. The van der Waals surface area contributed by atoms with Gasteiger partial charge in [0.1, 0.15) is 5.78 Å². The van der Waals surface area contributed by atoms with Crippen LogP contribution in [0.2, 0.25) is 0 Å². The first-order chi connectivity index (χ1) is 6.73. The summed E-state index contributed by atoms with van der Waals surface area (Å²) in [7, 11) is 0. The van der Waals surface area contributed by atoms with Gasteiger partial charge in [0, 0.05) is 18.9 Å². The largest absolute Gasteiger partial charge is 0.394 e. The highest BCUT2D eigenvalue weighted by atomic mass is 16.3. The van der Waals surface area contributed by atoms with Crippen molar-refractivity contribution in [2.45, 2.75) is 66.4 Å². The number of hydrogen-bond donors (Lipinski definition) is 1. The third-order valence-corrected chi connectivity index (χ3v) is 2.77. The molecule has 0 aromatic carbocycles. The minimum absolute atomic E-state index is 0.167. The Kier molecular flexibility index (Phi) is 6.11. The van der Waals surface area contributed by atoms with Gasteiger partial charge in [-0.2, -0.15) is 0 Å². The average molecular weight is 214 g/mol. The molecule has 0 saturated heterocycles. The molecule has 1 fully saturated rings. The van der Waals surface area contributed by atoms with Gasteiger partial charge < -0.3 is 5.11 Å². The van der Waals surface area contributed by atoms with E-state index in [-0.39, 0.29) is 6.10 Å². The van der Waals surface area contributed by atoms with Crippen LogP contribution in [0.25, 0.3) is 0 Å². The smallest absolute Gasteiger partial charge is 0.132 e. The molecule has 2 nitrogen and oxygen atoms in total. The Bertz CT molecular complexity index is 176. The van der Waals surface area contributed by atoms with Crippen LogP contribution in [0.1, 0.15) is 60.3 Å². The van der Waals surface area contributed by atoms with Crippen molar-refractivity contribution in [1.82, 2.24) is 0 Å². The second kappa shape index (κ2) is 6.26. The summed E-state index contributed by atoms with van der Waals surface area (Å²) in [4.78, 5) is 10.9. The number of aliphatic hydroxyl groups is 1. The van der Waals surface area contributed by atoms with Crippen LogP contribution in [0.4, 0.5) is 0 Å². The van der Waals surface area contributed by atoms with Crippen molar-refractivity contribution >= 4 is 5.78 Å². The van der Waals surface area contributed by atoms with E-state index in [1.807, 2.05) is 0 Å². The molecule has 90 valence electrons. The minimum atomic E-state index is -0.167. The summed E-state index contributed by atoms with van der Waals surface area (Å²) in [6.45, 7) is 10.3. The van der Waals surface area contributed by atoms with Gasteiger partial charge in [0.15, 0.2) is 0 Å². The van der Waals surface area contributed by atoms with Crippen LogP contribution in [0, 0.1) is 11.3 Å². The molecule has 0 radical (unpaired) electrons. The van der Waals surface area contributed by atoms with E-state index in [1.165, 1.54) is 0 Å². The van der Waals surface area contributed by atoms with Gasteiger partial charge in [-0.3, -0.25) is 4.79 Å². The number of ketones is 1. The molecule has 0 unspecified atom stereocenters. The summed E-state index contributed by atoms with van der Waals surface area (Å²) >= 11 is 0. The van der Waals surface area contributed by atoms with Crippen LogP contribution in [-0.2, 0) is 4.79 Å². The lowest BCUT2D eigenvalue weighted by Gasteiger charge is -2.33. The summed E-state index contributed by atoms with van der Waals surface area (Å²) in [5.41, 5.74) is 0.403. The fourth-order valence-electron chi connectivity index (χ4n) is 1.81. The van der Waals surface area contributed by atoms with Crippen molar-refractivity contribution in [2.75, 3.05) is 0 Å². The van der Waals surface area contributed by atoms with Gasteiger partial charge in [0.25, 0.3) is 0 Å². The Morgan fingerprint density at radius 2 is 1.53 bits per heavy atom. The van der Waals surface area contributed by atoms with Crippen LogP contribution in [0.3, 0.4) is 0 Å². The van der Waals surface area contributed by atoms with E-state index in [9.17, 15) is 4.79 Å². The van der Waals surface area contributed by atoms with E-state index in [0.717, 1.165) is 31.6 Å². The Balaban J connectivity index is 0.000000423. The minimum Gasteiger partial charge on any atom is -0.394 e. The van der Waals surface area contributed by atoms with E-state index >= 15 is 0 Å². The van der Waals surface area contributed by atoms with Crippen LogP contribution >= 0.6 is 0 Å². The standard InChI is InChI=1S/C10H18O.C3H8O/c1-10(2,3)8-4-6-9(11)7-5-8;1-3(2)4/h8H,4-7H2,1-3H3;3-4H,1-2H3. The van der Waals surface area contributed by atoms with Crippen molar-refractivity contribution in [2.24, 2.45) is 11.3 Å². The number of Topliss-reactive ketones (excluding diaryl/α,β-unsaturated/α-hetero) is 1. The Morgan fingerprint density at radius 1 is 1.20 bits per heavy atom. The van der Waals surface area contributed by atoms with Gasteiger partial charge in [0.2, 0.25) is 0 Å². The van der Waals surface area contributed by atoms with Gasteiger partial charge in [0.05, 0.1) is 0 Å². The van der Waals surface area contributed by atoms with Gasteiger partial charge in [-0.1, -0.05) is 20.8 Å².